The van der Waals surface area contributed by atoms with E-state index in [2.05, 4.69) is 25.9 Å². The summed E-state index contributed by atoms with van der Waals surface area (Å²) in [5.74, 6) is 0. The van der Waals surface area contributed by atoms with Gasteiger partial charge in [0, 0.05) is 10.7 Å². The van der Waals surface area contributed by atoms with Crippen LogP contribution < -0.4 is 0 Å². The number of nitrogens with zero attached hydrogens (tertiary/aromatic N) is 1. The molecule has 3 rings (SSSR count). The second-order valence-corrected chi connectivity index (χ2v) is 5.01. The standard InChI is InChI=1S/C13H8BrClN2/c14-13-5-4-10-12(17-13)7-11(16-10)8-2-1-3-9(15)6-8/h1-7,16H. The lowest BCUT2D eigenvalue weighted by atomic mass is 10.1. The predicted molar refractivity (Wildman–Crippen MR) is 74.2 cm³/mol. The Hall–Kier alpha value is -1.32. The Bertz CT molecular complexity index is 691. The molecule has 0 aliphatic rings. The third-order valence-electron chi connectivity index (χ3n) is 2.58. The van der Waals surface area contributed by atoms with Crippen LogP contribution in [0.3, 0.4) is 0 Å². The highest BCUT2D eigenvalue weighted by atomic mass is 79.9. The summed E-state index contributed by atoms with van der Waals surface area (Å²) in [7, 11) is 0. The predicted octanol–water partition coefficient (Wildman–Crippen LogP) is 4.65. The molecule has 4 heteroatoms. The first-order chi connectivity index (χ1) is 8.22. The van der Waals surface area contributed by atoms with Gasteiger partial charge in [-0.25, -0.2) is 4.98 Å². The van der Waals surface area contributed by atoms with Gasteiger partial charge >= 0.3 is 0 Å². The van der Waals surface area contributed by atoms with Crippen LogP contribution in [0.4, 0.5) is 0 Å². The molecule has 17 heavy (non-hydrogen) atoms. The van der Waals surface area contributed by atoms with E-state index in [0.29, 0.717) is 0 Å². The van der Waals surface area contributed by atoms with E-state index in [1.165, 1.54) is 0 Å². The van der Waals surface area contributed by atoms with Gasteiger partial charge in [-0.1, -0.05) is 23.7 Å². The Morgan fingerprint density at radius 2 is 2.00 bits per heavy atom. The highest BCUT2D eigenvalue weighted by molar-refractivity contribution is 9.10. The molecule has 0 radical (unpaired) electrons. The molecule has 0 saturated carbocycles. The van der Waals surface area contributed by atoms with E-state index in [4.69, 9.17) is 11.6 Å². The summed E-state index contributed by atoms with van der Waals surface area (Å²) < 4.78 is 0.835. The van der Waals surface area contributed by atoms with E-state index in [9.17, 15) is 0 Å². The largest absolute Gasteiger partial charge is 0.353 e. The van der Waals surface area contributed by atoms with Gasteiger partial charge in [-0.3, -0.25) is 0 Å². The molecule has 0 spiro atoms. The van der Waals surface area contributed by atoms with Crippen molar-refractivity contribution in [2.75, 3.05) is 0 Å². The molecule has 0 bridgehead atoms. The van der Waals surface area contributed by atoms with Gasteiger partial charge in [-0.05, 0) is 51.8 Å². The fourth-order valence-electron chi connectivity index (χ4n) is 1.80. The number of hydrogen-bond acceptors (Lipinski definition) is 1. The number of pyridine rings is 1. The summed E-state index contributed by atoms with van der Waals surface area (Å²) in [6.07, 6.45) is 0. The molecule has 2 heterocycles. The Balaban J connectivity index is 2.18. The number of hydrogen-bond donors (Lipinski definition) is 1. The van der Waals surface area contributed by atoms with Crippen molar-refractivity contribution in [3.63, 3.8) is 0 Å². The smallest absolute Gasteiger partial charge is 0.106 e. The molecule has 84 valence electrons. The maximum Gasteiger partial charge on any atom is 0.106 e. The molecular formula is C13H8BrClN2. The van der Waals surface area contributed by atoms with Crippen molar-refractivity contribution in [1.82, 2.24) is 9.97 Å². The number of benzene rings is 1. The molecule has 0 amide bonds. The molecule has 0 fully saturated rings. The van der Waals surface area contributed by atoms with E-state index in [-0.39, 0.29) is 0 Å². The number of nitrogens with one attached hydrogen (secondary N) is 1. The topological polar surface area (TPSA) is 28.7 Å². The minimum Gasteiger partial charge on any atom is -0.353 e. The number of aromatic amines is 1. The number of fused-ring (bicyclic) bond motifs is 1. The van der Waals surface area contributed by atoms with E-state index in [0.717, 1.165) is 31.9 Å². The molecule has 0 atom stereocenters. The molecule has 0 unspecified atom stereocenters. The van der Waals surface area contributed by atoms with E-state index in [1.54, 1.807) is 0 Å². The van der Waals surface area contributed by atoms with Crippen LogP contribution in [0.5, 0.6) is 0 Å². The maximum absolute atomic E-state index is 5.98. The van der Waals surface area contributed by atoms with Gasteiger partial charge in [0.15, 0.2) is 0 Å². The van der Waals surface area contributed by atoms with Crippen LogP contribution in [-0.4, -0.2) is 9.97 Å². The van der Waals surface area contributed by atoms with Crippen LogP contribution in [0.2, 0.25) is 5.02 Å². The first kappa shape index (κ1) is 10.8. The summed E-state index contributed by atoms with van der Waals surface area (Å²) >= 11 is 9.35. The van der Waals surface area contributed by atoms with Crippen molar-refractivity contribution in [3.8, 4) is 11.3 Å². The zero-order valence-electron chi connectivity index (χ0n) is 8.74. The van der Waals surface area contributed by atoms with Crippen molar-refractivity contribution >= 4 is 38.6 Å². The lowest BCUT2D eigenvalue weighted by Crippen LogP contribution is -1.76. The minimum absolute atomic E-state index is 0.732. The highest BCUT2D eigenvalue weighted by Crippen LogP contribution is 2.25. The Morgan fingerprint density at radius 1 is 1.12 bits per heavy atom. The minimum atomic E-state index is 0.732. The van der Waals surface area contributed by atoms with E-state index in [1.807, 2.05) is 42.5 Å². The third kappa shape index (κ3) is 2.08. The SMILES string of the molecule is Clc1cccc(-c2cc3nc(Br)ccc3[nH]2)c1. The molecule has 1 N–H and O–H groups in total. The summed E-state index contributed by atoms with van der Waals surface area (Å²) in [6.45, 7) is 0. The van der Waals surface area contributed by atoms with Gasteiger partial charge in [0.25, 0.3) is 0 Å². The molecule has 3 aromatic rings. The summed E-state index contributed by atoms with van der Waals surface area (Å²) in [4.78, 5) is 7.72. The van der Waals surface area contributed by atoms with Gasteiger partial charge in [0.2, 0.25) is 0 Å². The number of halogens is 2. The molecular weight excluding hydrogens is 300 g/mol. The average molecular weight is 308 g/mol. The highest BCUT2D eigenvalue weighted by Gasteiger charge is 2.04. The zero-order valence-corrected chi connectivity index (χ0v) is 11.1. The molecule has 1 aromatic carbocycles. The van der Waals surface area contributed by atoms with Crippen LogP contribution in [-0.2, 0) is 0 Å². The molecule has 0 aliphatic carbocycles. The zero-order chi connectivity index (χ0) is 11.8. The summed E-state index contributed by atoms with van der Waals surface area (Å²) in [5.41, 5.74) is 4.04. The first-order valence-corrected chi connectivity index (χ1v) is 6.31. The monoisotopic (exact) mass is 306 g/mol. The maximum atomic E-state index is 5.98. The molecule has 2 nitrogen and oxygen atoms in total. The van der Waals surface area contributed by atoms with Crippen LogP contribution >= 0.6 is 27.5 Å². The van der Waals surface area contributed by atoms with Crippen LogP contribution in [0, 0.1) is 0 Å². The van der Waals surface area contributed by atoms with E-state index < -0.39 is 0 Å². The quantitative estimate of drug-likeness (QED) is 0.652. The van der Waals surface area contributed by atoms with Gasteiger partial charge in [-0.15, -0.1) is 0 Å². The van der Waals surface area contributed by atoms with Crippen LogP contribution in [0.15, 0.2) is 47.1 Å². The van der Waals surface area contributed by atoms with Crippen molar-refractivity contribution in [1.29, 1.82) is 0 Å². The van der Waals surface area contributed by atoms with Crippen LogP contribution in [0.1, 0.15) is 0 Å². The van der Waals surface area contributed by atoms with Crippen LogP contribution in [0.25, 0.3) is 22.3 Å². The fraction of sp³-hybridized carbons (Fsp3) is 0. The average Bonchev–Trinajstić information content (AvgIpc) is 2.72. The van der Waals surface area contributed by atoms with Gasteiger partial charge in [-0.2, -0.15) is 0 Å². The van der Waals surface area contributed by atoms with Crippen molar-refractivity contribution in [2.45, 2.75) is 0 Å². The summed E-state index contributed by atoms with van der Waals surface area (Å²) in [5, 5.41) is 0.732. The molecule has 2 aromatic heterocycles. The van der Waals surface area contributed by atoms with E-state index >= 15 is 0 Å². The third-order valence-corrected chi connectivity index (χ3v) is 3.25. The van der Waals surface area contributed by atoms with Crippen molar-refractivity contribution in [2.24, 2.45) is 0 Å². The Morgan fingerprint density at radius 3 is 2.82 bits per heavy atom. The van der Waals surface area contributed by atoms with Crippen molar-refractivity contribution < 1.29 is 0 Å². The number of aromatic nitrogens is 2. The number of rotatable bonds is 1. The summed E-state index contributed by atoms with van der Waals surface area (Å²) in [6, 6.07) is 13.7. The molecule has 0 saturated heterocycles. The van der Waals surface area contributed by atoms with Gasteiger partial charge < -0.3 is 4.98 Å². The Labute approximate surface area is 112 Å². The van der Waals surface area contributed by atoms with Crippen molar-refractivity contribution in [3.05, 3.63) is 52.1 Å². The number of H-pyrrole nitrogens is 1. The lowest BCUT2D eigenvalue weighted by Gasteiger charge is -1.97. The second-order valence-electron chi connectivity index (χ2n) is 3.76. The van der Waals surface area contributed by atoms with Gasteiger partial charge in [0.1, 0.15) is 4.60 Å². The fourth-order valence-corrected chi connectivity index (χ4v) is 2.31. The Kier molecular flexibility index (Phi) is 2.65. The normalized spacial score (nSPS) is 10.9. The van der Waals surface area contributed by atoms with Gasteiger partial charge in [0.05, 0.1) is 11.0 Å². The molecule has 0 aliphatic heterocycles. The second kappa shape index (κ2) is 4.17. The lowest BCUT2D eigenvalue weighted by molar-refractivity contribution is 1.35. The first-order valence-electron chi connectivity index (χ1n) is 5.13.